The van der Waals surface area contributed by atoms with E-state index >= 15 is 0 Å². The van der Waals surface area contributed by atoms with Crippen molar-refractivity contribution in [3.8, 4) is 0 Å². The van der Waals surface area contributed by atoms with Crippen molar-refractivity contribution in [3.05, 3.63) is 11.5 Å². The Morgan fingerprint density at radius 2 is 2.17 bits per heavy atom. The average Bonchev–Trinajstić information content (AvgIpc) is 3.00. The largest absolute Gasteiger partial charge is 0.360 e. The number of nitrogens with one attached hydrogen (secondary N) is 1. The van der Waals surface area contributed by atoms with E-state index in [4.69, 9.17) is 10.3 Å². The van der Waals surface area contributed by atoms with Gasteiger partial charge in [0.25, 0.3) is 0 Å². The Morgan fingerprint density at radius 3 is 2.65 bits per heavy atom. The van der Waals surface area contributed by atoms with Gasteiger partial charge in [0.2, 0.25) is 15.9 Å². The summed E-state index contributed by atoms with van der Waals surface area (Å²) in [5.41, 5.74) is 5.94. The summed E-state index contributed by atoms with van der Waals surface area (Å²) < 4.78 is 32.2. The molecule has 1 aromatic heterocycles. The molecule has 1 saturated heterocycles. The lowest BCUT2D eigenvalue weighted by atomic mass is 10.1. The van der Waals surface area contributed by atoms with E-state index in [9.17, 15) is 13.2 Å². The summed E-state index contributed by atoms with van der Waals surface area (Å²) in [6.45, 7) is 7.65. The smallest absolute Gasteiger partial charge is 0.246 e. The summed E-state index contributed by atoms with van der Waals surface area (Å²) in [5, 5.41) is 3.64. The minimum Gasteiger partial charge on any atom is -0.360 e. The summed E-state index contributed by atoms with van der Waals surface area (Å²) in [4.78, 5) is 14.2. The number of carbonyl (C=O) groups is 1. The Morgan fingerprint density at radius 1 is 1.52 bits per heavy atom. The zero-order valence-electron chi connectivity index (χ0n) is 13.9. The molecule has 0 saturated carbocycles. The predicted molar refractivity (Wildman–Crippen MR) is 84.1 cm³/mol. The van der Waals surface area contributed by atoms with Crippen molar-refractivity contribution < 1.29 is 17.7 Å². The number of aromatic nitrogens is 1. The number of aryl methyl sites for hydroxylation is 2. The Hall–Kier alpha value is -1.45. The van der Waals surface area contributed by atoms with Crippen LogP contribution in [0.5, 0.6) is 0 Å². The molecule has 1 aliphatic heterocycles. The molecular weight excluding hydrogens is 320 g/mol. The molecule has 0 radical (unpaired) electrons. The lowest BCUT2D eigenvalue weighted by molar-refractivity contribution is -0.133. The second-order valence-electron chi connectivity index (χ2n) is 6.17. The maximum absolute atomic E-state index is 12.6. The zero-order chi connectivity index (χ0) is 17.4. The predicted octanol–water partition coefficient (Wildman–Crippen LogP) is 0.154. The van der Waals surface area contributed by atoms with Crippen molar-refractivity contribution in [1.29, 1.82) is 0 Å². The van der Waals surface area contributed by atoms with Crippen molar-refractivity contribution in [2.45, 2.75) is 51.1 Å². The molecule has 130 valence electrons. The fourth-order valence-corrected chi connectivity index (χ4v) is 4.60. The number of hydrogen-bond acceptors (Lipinski definition) is 6. The van der Waals surface area contributed by atoms with E-state index in [0.717, 1.165) is 6.42 Å². The van der Waals surface area contributed by atoms with Gasteiger partial charge in [0.05, 0.1) is 6.04 Å². The Balaban J connectivity index is 2.12. The summed E-state index contributed by atoms with van der Waals surface area (Å²) >= 11 is 0. The van der Waals surface area contributed by atoms with E-state index < -0.39 is 16.1 Å². The van der Waals surface area contributed by atoms with Crippen LogP contribution < -0.4 is 10.5 Å². The number of amides is 1. The molecule has 1 aromatic rings. The summed E-state index contributed by atoms with van der Waals surface area (Å²) in [5.74, 6) is 0.219. The molecular formula is C14H24N4O4S. The van der Waals surface area contributed by atoms with Gasteiger partial charge in [-0.3, -0.25) is 4.79 Å². The number of carbonyl (C=O) groups excluding carboxylic acids is 1. The molecule has 0 aliphatic carbocycles. The van der Waals surface area contributed by atoms with E-state index in [1.807, 2.05) is 6.92 Å². The molecule has 2 rings (SSSR count). The van der Waals surface area contributed by atoms with Gasteiger partial charge < -0.3 is 15.2 Å². The molecule has 3 unspecified atom stereocenters. The number of hydrogen-bond donors (Lipinski definition) is 2. The van der Waals surface area contributed by atoms with Crippen molar-refractivity contribution in [1.82, 2.24) is 14.8 Å². The Labute approximate surface area is 136 Å². The lowest BCUT2D eigenvalue weighted by Crippen LogP contribution is -2.48. The maximum atomic E-state index is 12.6. The highest BCUT2D eigenvalue weighted by molar-refractivity contribution is 7.89. The van der Waals surface area contributed by atoms with Gasteiger partial charge in [0.15, 0.2) is 5.76 Å². The number of rotatable bonds is 5. The van der Waals surface area contributed by atoms with Crippen LogP contribution in [-0.2, 0) is 14.8 Å². The first-order valence-electron chi connectivity index (χ1n) is 7.63. The number of likely N-dealkylation sites (tertiary alicyclic amines) is 1. The van der Waals surface area contributed by atoms with E-state index in [-0.39, 0.29) is 34.2 Å². The van der Waals surface area contributed by atoms with Crippen molar-refractivity contribution >= 4 is 15.9 Å². The van der Waals surface area contributed by atoms with Crippen LogP contribution in [0.2, 0.25) is 0 Å². The van der Waals surface area contributed by atoms with Crippen LogP contribution in [0.3, 0.4) is 0 Å². The van der Waals surface area contributed by atoms with Crippen LogP contribution in [0.15, 0.2) is 9.42 Å². The minimum atomic E-state index is -3.87. The second kappa shape index (κ2) is 6.58. The summed E-state index contributed by atoms with van der Waals surface area (Å²) in [6.07, 6.45) is 0.839. The van der Waals surface area contributed by atoms with Crippen LogP contribution in [0.4, 0.5) is 0 Å². The molecule has 0 bridgehead atoms. The molecule has 3 N–H and O–H groups in total. The van der Waals surface area contributed by atoms with Gasteiger partial charge in [-0.15, -0.1) is 0 Å². The second-order valence-corrected chi connectivity index (χ2v) is 7.82. The van der Waals surface area contributed by atoms with E-state index in [1.54, 1.807) is 18.7 Å². The molecule has 1 fully saturated rings. The molecule has 3 atom stereocenters. The van der Waals surface area contributed by atoms with Gasteiger partial charge in [-0.05, 0) is 46.6 Å². The topological polar surface area (TPSA) is 119 Å². The first kappa shape index (κ1) is 17.9. The molecule has 8 nitrogen and oxygen atoms in total. The highest BCUT2D eigenvalue weighted by Gasteiger charge is 2.36. The van der Waals surface area contributed by atoms with Gasteiger partial charge >= 0.3 is 0 Å². The standard InChI is InChI=1S/C14H24N4O4S/c1-8-5-12(6-15)7-18(8)14(19)10(3)17-23(20,21)13-9(2)16-22-11(13)4/h8,10,12,17H,5-7,15H2,1-4H3. The zero-order valence-corrected chi connectivity index (χ0v) is 14.7. The van der Waals surface area contributed by atoms with E-state index in [2.05, 4.69) is 9.88 Å². The van der Waals surface area contributed by atoms with Crippen LogP contribution in [0.25, 0.3) is 0 Å². The number of nitrogens with two attached hydrogens (primary N) is 1. The number of nitrogens with zero attached hydrogens (tertiary/aromatic N) is 2. The quantitative estimate of drug-likeness (QED) is 0.785. The minimum absolute atomic E-state index is 0.00791. The van der Waals surface area contributed by atoms with E-state index in [0.29, 0.717) is 13.1 Å². The molecule has 2 heterocycles. The molecule has 1 aliphatic rings. The third-order valence-corrected chi connectivity index (χ3v) is 6.00. The molecule has 0 spiro atoms. The Bertz CT molecular complexity index is 665. The lowest BCUT2D eigenvalue weighted by Gasteiger charge is -2.25. The van der Waals surface area contributed by atoms with Crippen molar-refractivity contribution in [2.75, 3.05) is 13.1 Å². The monoisotopic (exact) mass is 344 g/mol. The fourth-order valence-electron chi connectivity index (χ4n) is 3.07. The highest BCUT2D eigenvalue weighted by Crippen LogP contribution is 2.24. The van der Waals surface area contributed by atoms with Gasteiger partial charge in [0, 0.05) is 12.6 Å². The van der Waals surface area contributed by atoms with Crippen LogP contribution in [0, 0.1) is 19.8 Å². The highest BCUT2D eigenvalue weighted by atomic mass is 32.2. The normalized spacial score (nSPS) is 23.3. The average molecular weight is 344 g/mol. The third-order valence-electron chi connectivity index (χ3n) is 4.22. The Kier molecular flexibility index (Phi) is 5.12. The van der Waals surface area contributed by atoms with Crippen molar-refractivity contribution in [2.24, 2.45) is 11.7 Å². The molecule has 9 heteroatoms. The van der Waals surface area contributed by atoms with Crippen molar-refractivity contribution in [3.63, 3.8) is 0 Å². The first-order chi connectivity index (χ1) is 10.7. The van der Waals surface area contributed by atoms with Gasteiger partial charge in [0.1, 0.15) is 10.6 Å². The molecule has 1 amide bonds. The fraction of sp³-hybridized carbons (Fsp3) is 0.714. The SMILES string of the molecule is Cc1noc(C)c1S(=O)(=O)NC(C)C(=O)N1CC(CN)CC1C. The maximum Gasteiger partial charge on any atom is 0.246 e. The van der Waals surface area contributed by atoms with Crippen LogP contribution in [0.1, 0.15) is 31.7 Å². The molecule has 0 aromatic carbocycles. The van der Waals surface area contributed by atoms with E-state index in [1.165, 1.54) is 6.92 Å². The van der Waals surface area contributed by atoms with Gasteiger partial charge in [-0.2, -0.15) is 4.72 Å². The van der Waals surface area contributed by atoms with Gasteiger partial charge in [-0.25, -0.2) is 8.42 Å². The third kappa shape index (κ3) is 3.56. The van der Waals surface area contributed by atoms with Gasteiger partial charge in [-0.1, -0.05) is 5.16 Å². The number of sulfonamides is 1. The first-order valence-corrected chi connectivity index (χ1v) is 9.11. The summed E-state index contributed by atoms with van der Waals surface area (Å²) in [6, 6.07) is -0.810. The van der Waals surface area contributed by atoms with Crippen LogP contribution >= 0.6 is 0 Å². The summed E-state index contributed by atoms with van der Waals surface area (Å²) in [7, 11) is -3.87. The molecule has 23 heavy (non-hydrogen) atoms. The van der Waals surface area contributed by atoms with Crippen LogP contribution in [-0.4, -0.2) is 49.6 Å².